The van der Waals surface area contributed by atoms with E-state index < -0.39 is 10.0 Å². The number of aromatic nitrogens is 2. The van der Waals surface area contributed by atoms with Crippen molar-refractivity contribution in [1.29, 1.82) is 5.26 Å². The topological polar surface area (TPSA) is 87.8 Å². The number of halogens is 1. The number of nitrogens with zero attached hydrogens (tertiary/aromatic N) is 3. The Kier molecular flexibility index (Phi) is 4.83. The summed E-state index contributed by atoms with van der Waals surface area (Å²) in [5, 5.41) is 10.6. The first-order chi connectivity index (χ1) is 14.9. The van der Waals surface area contributed by atoms with Gasteiger partial charge in [-0.2, -0.15) is 5.26 Å². The maximum absolute atomic E-state index is 14.0. The lowest BCUT2D eigenvalue weighted by molar-refractivity contribution is 0.323. The van der Waals surface area contributed by atoms with Crippen molar-refractivity contribution in [2.24, 2.45) is 5.92 Å². The predicted molar refractivity (Wildman–Crippen MR) is 115 cm³/mol. The zero-order valence-electron chi connectivity index (χ0n) is 17.2. The highest BCUT2D eigenvalue weighted by atomic mass is 32.2. The summed E-state index contributed by atoms with van der Waals surface area (Å²) in [4.78, 5) is 4.52. The minimum absolute atomic E-state index is 0.0969. The Balaban J connectivity index is 1.59. The molecule has 1 N–H and O–H groups in total. The lowest BCUT2D eigenvalue weighted by atomic mass is 9.92. The molecule has 5 rings (SSSR count). The van der Waals surface area contributed by atoms with Crippen LogP contribution in [0.5, 0.6) is 0 Å². The summed E-state index contributed by atoms with van der Waals surface area (Å²) in [5.74, 6) is 0.0469. The summed E-state index contributed by atoms with van der Waals surface area (Å²) in [7, 11) is -3.66. The van der Waals surface area contributed by atoms with Gasteiger partial charge in [0.1, 0.15) is 16.8 Å². The Morgan fingerprint density at radius 1 is 1.23 bits per heavy atom. The molecule has 2 saturated carbocycles. The molecule has 1 atom stereocenters. The molecule has 2 aliphatic carbocycles. The summed E-state index contributed by atoms with van der Waals surface area (Å²) in [6.45, 7) is 1.88. The van der Waals surface area contributed by atoms with Gasteiger partial charge in [0.2, 0.25) is 10.0 Å². The van der Waals surface area contributed by atoms with E-state index in [1.807, 2.05) is 11.5 Å². The second-order valence-corrected chi connectivity index (χ2v) is 10.3. The van der Waals surface area contributed by atoms with Crippen molar-refractivity contribution in [2.75, 3.05) is 0 Å². The minimum Gasteiger partial charge on any atom is -0.335 e. The van der Waals surface area contributed by atoms with Gasteiger partial charge < -0.3 is 4.57 Å². The molecule has 6 nitrogen and oxygen atoms in total. The van der Waals surface area contributed by atoms with E-state index >= 15 is 0 Å². The summed E-state index contributed by atoms with van der Waals surface area (Å²) in [6, 6.07) is 9.93. The Bertz CT molecular complexity index is 1300. The van der Waals surface area contributed by atoms with Crippen molar-refractivity contribution < 1.29 is 12.8 Å². The number of rotatable bonds is 6. The molecule has 8 heteroatoms. The van der Waals surface area contributed by atoms with Crippen LogP contribution in [0.25, 0.3) is 22.3 Å². The van der Waals surface area contributed by atoms with E-state index in [2.05, 4.69) is 15.8 Å². The van der Waals surface area contributed by atoms with Crippen LogP contribution >= 0.6 is 0 Å². The van der Waals surface area contributed by atoms with E-state index in [1.54, 1.807) is 12.1 Å². The second kappa shape index (κ2) is 7.43. The van der Waals surface area contributed by atoms with Gasteiger partial charge in [0.15, 0.2) is 0 Å². The SMILES string of the molecule is C[C@H](NS(=O)(=O)c1ccc(-c2c(C#N)c3ccc(F)cc3n2C2CCC2)nc1)C1CC1. The number of benzene rings is 1. The Morgan fingerprint density at radius 2 is 2.00 bits per heavy atom. The highest BCUT2D eigenvalue weighted by Crippen LogP contribution is 2.42. The second-order valence-electron chi connectivity index (χ2n) is 8.58. The summed E-state index contributed by atoms with van der Waals surface area (Å²) >= 11 is 0. The van der Waals surface area contributed by atoms with Gasteiger partial charge in [-0.15, -0.1) is 0 Å². The van der Waals surface area contributed by atoms with Gasteiger partial charge in [0.05, 0.1) is 22.5 Å². The van der Waals surface area contributed by atoms with Crippen LogP contribution in [0.15, 0.2) is 41.4 Å². The third-order valence-corrected chi connectivity index (χ3v) is 8.02. The number of sulfonamides is 1. The van der Waals surface area contributed by atoms with Gasteiger partial charge in [0, 0.05) is 23.7 Å². The first-order valence-electron chi connectivity index (χ1n) is 10.6. The molecule has 0 amide bonds. The van der Waals surface area contributed by atoms with E-state index in [1.165, 1.54) is 24.4 Å². The van der Waals surface area contributed by atoms with Crippen LogP contribution in [0.4, 0.5) is 4.39 Å². The zero-order valence-corrected chi connectivity index (χ0v) is 18.0. The number of nitriles is 1. The van der Waals surface area contributed by atoms with Gasteiger partial charge in [-0.05, 0) is 75.3 Å². The van der Waals surface area contributed by atoms with Crippen molar-refractivity contribution in [1.82, 2.24) is 14.3 Å². The first-order valence-corrected chi connectivity index (χ1v) is 12.1. The maximum Gasteiger partial charge on any atom is 0.242 e. The third kappa shape index (κ3) is 3.52. The van der Waals surface area contributed by atoms with Gasteiger partial charge in [-0.25, -0.2) is 17.5 Å². The van der Waals surface area contributed by atoms with Crippen LogP contribution in [0.2, 0.25) is 0 Å². The fourth-order valence-electron chi connectivity index (χ4n) is 4.36. The van der Waals surface area contributed by atoms with Crippen LogP contribution in [-0.4, -0.2) is 24.0 Å². The van der Waals surface area contributed by atoms with Crippen molar-refractivity contribution >= 4 is 20.9 Å². The van der Waals surface area contributed by atoms with Crippen molar-refractivity contribution in [3.63, 3.8) is 0 Å². The third-order valence-electron chi connectivity index (χ3n) is 6.48. The highest BCUT2D eigenvalue weighted by molar-refractivity contribution is 7.89. The van der Waals surface area contributed by atoms with E-state index in [0.717, 1.165) is 32.1 Å². The van der Waals surface area contributed by atoms with Gasteiger partial charge >= 0.3 is 0 Å². The van der Waals surface area contributed by atoms with Crippen LogP contribution in [0.1, 0.15) is 50.6 Å². The van der Waals surface area contributed by atoms with Gasteiger partial charge in [-0.1, -0.05) is 0 Å². The molecule has 31 heavy (non-hydrogen) atoms. The molecule has 160 valence electrons. The molecule has 1 aromatic carbocycles. The van der Waals surface area contributed by atoms with Gasteiger partial charge in [-0.3, -0.25) is 4.98 Å². The van der Waals surface area contributed by atoms with Crippen molar-refractivity contribution in [2.45, 2.75) is 56.0 Å². The molecule has 2 heterocycles. The molecule has 0 aliphatic heterocycles. The van der Waals surface area contributed by atoms with E-state index in [4.69, 9.17) is 0 Å². The molecule has 2 aliphatic rings. The average molecular weight is 439 g/mol. The zero-order chi connectivity index (χ0) is 21.8. The molecule has 2 aromatic heterocycles. The number of pyridine rings is 1. The van der Waals surface area contributed by atoms with Crippen molar-refractivity contribution in [3.05, 3.63) is 47.9 Å². The standard InChI is InChI=1S/C23H23FN4O2S/c1-14(15-5-6-15)27-31(29,30)18-8-10-21(26-13-18)23-20(12-25)19-9-7-16(24)11-22(19)28(23)17-3-2-4-17/h7-11,13-15,17,27H,2-6H2,1H3/t14-/m0/s1. The Labute approximate surface area is 180 Å². The normalized spacial score (nSPS) is 18.0. The van der Waals surface area contributed by atoms with Crippen LogP contribution in [0, 0.1) is 23.1 Å². The molecule has 0 radical (unpaired) electrons. The monoisotopic (exact) mass is 438 g/mol. The maximum atomic E-state index is 14.0. The lowest BCUT2D eigenvalue weighted by Gasteiger charge is -2.30. The highest BCUT2D eigenvalue weighted by Gasteiger charge is 2.32. The predicted octanol–water partition coefficient (Wildman–Crippen LogP) is 4.52. The number of hydrogen-bond donors (Lipinski definition) is 1. The smallest absolute Gasteiger partial charge is 0.242 e. The fraction of sp³-hybridized carbons (Fsp3) is 0.391. The fourth-order valence-corrected chi connectivity index (χ4v) is 5.61. The van der Waals surface area contributed by atoms with E-state index in [-0.39, 0.29) is 22.8 Å². The first kappa shape index (κ1) is 20.2. The lowest BCUT2D eigenvalue weighted by Crippen LogP contribution is -2.34. The molecular weight excluding hydrogens is 415 g/mol. The van der Waals surface area contributed by atoms with E-state index in [0.29, 0.717) is 33.8 Å². The largest absolute Gasteiger partial charge is 0.335 e. The van der Waals surface area contributed by atoms with Crippen LogP contribution in [0.3, 0.4) is 0 Å². The summed E-state index contributed by atoms with van der Waals surface area (Å²) in [6.07, 6.45) is 6.41. The summed E-state index contributed by atoms with van der Waals surface area (Å²) < 4.78 is 44.2. The molecule has 2 fully saturated rings. The quantitative estimate of drug-likeness (QED) is 0.613. The van der Waals surface area contributed by atoms with Crippen LogP contribution in [-0.2, 0) is 10.0 Å². The summed E-state index contributed by atoms with van der Waals surface area (Å²) in [5.41, 5.74) is 2.24. The molecule has 0 unspecified atom stereocenters. The number of nitrogens with one attached hydrogen (secondary N) is 1. The molecule has 0 bridgehead atoms. The number of fused-ring (bicyclic) bond motifs is 1. The average Bonchev–Trinajstić information content (AvgIpc) is 3.51. The Morgan fingerprint density at radius 3 is 2.58 bits per heavy atom. The molecule has 0 saturated heterocycles. The molecule has 3 aromatic rings. The van der Waals surface area contributed by atoms with Gasteiger partial charge in [0.25, 0.3) is 0 Å². The molecule has 0 spiro atoms. The molecular formula is C23H23FN4O2S. The number of hydrogen-bond acceptors (Lipinski definition) is 4. The van der Waals surface area contributed by atoms with E-state index in [9.17, 15) is 18.1 Å². The minimum atomic E-state index is -3.66. The van der Waals surface area contributed by atoms with Crippen molar-refractivity contribution in [3.8, 4) is 17.5 Å². The van der Waals surface area contributed by atoms with Crippen LogP contribution < -0.4 is 4.72 Å². The Hall–Kier alpha value is -2.76.